The van der Waals surface area contributed by atoms with Crippen molar-refractivity contribution in [2.75, 3.05) is 13.1 Å². The standard InChI is InChI=1S/C20H23N5O/c1-14-4-3-11-25(12-14)13-19-23-20(24-26-19)17-7-5-16(6-8-17)18-9-10-21-15(2)22-18/h5-10,14H,3-4,11-13H2,1-2H3. The lowest BCUT2D eigenvalue weighted by Gasteiger charge is -2.29. The Labute approximate surface area is 153 Å². The molecule has 1 unspecified atom stereocenters. The Morgan fingerprint density at radius 1 is 1.12 bits per heavy atom. The highest BCUT2D eigenvalue weighted by Crippen LogP contribution is 2.23. The molecule has 2 aromatic heterocycles. The fourth-order valence-electron chi connectivity index (χ4n) is 3.46. The molecule has 0 aliphatic carbocycles. The zero-order chi connectivity index (χ0) is 17.9. The molecule has 6 heteroatoms. The second-order valence-corrected chi connectivity index (χ2v) is 7.06. The first-order valence-corrected chi connectivity index (χ1v) is 9.13. The van der Waals surface area contributed by atoms with Gasteiger partial charge in [0.25, 0.3) is 0 Å². The molecule has 134 valence electrons. The summed E-state index contributed by atoms with van der Waals surface area (Å²) < 4.78 is 5.46. The summed E-state index contributed by atoms with van der Waals surface area (Å²) >= 11 is 0. The molecule has 1 aliphatic rings. The molecule has 1 fully saturated rings. The summed E-state index contributed by atoms with van der Waals surface area (Å²) in [5, 5.41) is 4.15. The summed E-state index contributed by atoms with van der Waals surface area (Å²) in [6, 6.07) is 9.97. The number of benzene rings is 1. The smallest absolute Gasteiger partial charge is 0.241 e. The van der Waals surface area contributed by atoms with Crippen molar-refractivity contribution in [3.63, 3.8) is 0 Å². The molecule has 26 heavy (non-hydrogen) atoms. The Morgan fingerprint density at radius 2 is 1.92 bits per heavy atom. The van der Waals surface area contributed by atoms with Gasteiger partial charge in [-0.05, 0) is 38.3 Å². The number of hydrogen-bond acceptors (Lipinski definition) is 6. The van der Waals surface area contributed by atoms with E-state index in [-0.39, 0.29) is 0 Å². The number of aryl methyl sites for hydroxylation is 1. The number of piperidine rings is 1. The fraction of sp³-hybridized carbons (Fsp3) is 0.400. The SMILES string of the molecule is Cc1nccc(-c2ccc(-c3noc(CN4CCCC(C)C4)n3)cc2)n1. The van der Waals surface area contributed by atoms with Crippen molar-refractivity contribution in [2.24, 2.45) is 5.92 Å². The molecule has 4 rings (SSSR count). The van der Waals surface area contributed by atoms with Crippen molar-refractivity contribution in [3.8, 4) is 22.6 Å². The maximum Gasteiger partial charge on any atom is 0.241 e. The molecule has 6 nitrogen and oxygen atoms in total. The van der Waals surface area contributed by atoms with E-state index in [1.807, 2.05) is 37.3 Å². The lowest BCUT2D eigenvalue weighted by Crippen LogP contribution is -2.33. The first-order chi connectivity index (χ1) is 12.7. The molecule has 0 saturated carbocycles. The molecular formula is C20H23N5O. The summed E-state index contributed by atoms with van der Waals surface area (Å²) in [7, 11) is 0. The lowest BCUT2D eigenvalue weighted by molar-refractivity contribution is 0.157. The maximum atomic E-state index is 5.46. The molecular weight excluding hydrogens is 326 g/mol. The van der Waals surface area contributed by atoms with E-state index in [2.05, 4.69) is 31.9 Å². The predicted octanol–water partition coefficient (Wildman–Crippen LogP) is 3.73. The largest absolute Gasteiger partial charge is 0.338 e. The molecule has 1 atom stereocenters. The Kier molecular flexibility index (Phi) is 4.75. The van der Waals surface area contributed by atoms with E-state index in [1.54, 1.807) is 6.20 Å². The summed E-state index contributed by atoms with van der Waals surface area (Å²) in [6.07, 6.45) is 4.33. The van der Waals surface area contributed by atoms with Gasteiger partial charge in [0, 0.05) is 23.9 Å². The molecule has 1 aliphatic heterocycles. The third kappa shape index (κ3) is 3.80. The topological polar surface area (TPSA) is 67.9 Å². The third-order valence-corrected chi connectivity index (χ3v) is 4.78. The van der Waals surface area contributed by atoms with Gasteiger partial charge in [-0.2, -0.15) is 4.98 Å². The van der Waals surface area contributed by atoms with Crippen LogP contribution in [-0.2, 0) is 6.54 Å². The van der Waals surface area contributed by atoms with E-state index >= 15 is 0 Å². The summed E-state index contributed by atoms with van der Waals surface area (Å²) in [4.78, 5) is 15.6. The monoisotopic (exact) mass is 349 g/mol. The van der Waals surface area contributed by atoms with Crippen molar-refractivity contribution < 1.29 is 4.52 Å². The number of likely N-dealkylation sites (tertiary alicyclic amines) is 1. The molecule has 0 bridgehead atoms. The second kappa shape index (κ2) is 7.33. The zero-order valence-corrected chi connectivity index (χ0v) is 15.2. The van der Waals surface area contributed by atoms with E-state index in [9.17, 15) is 0 Å². The Balaban J connectivity index is 1.47. The van der Waals surface area contributed by atoms with Crippen LogP contribution < -0.4 is 0 Å². The van der Waals surface area contributed by atoms with Crippen LogP contribution in [-0.4, -0.2) is 38.1 Å². The van der Waals surface area contributed by atoms with Crippen molar-refractivity contribution in [1.29, 1.82) is 0 Å². The molecule has 0 radical (unpaired) electrons. The first kappa shape index (κ1) is 16.8. The average Bonchev–Trinajstić information content (AvgIpc) is 3.10. The minimum atomic E-state index is 0.635. The summed E-state index contributed by atoms with van der Waals surface area (Å²) in [6.45, 7) is 7.13. The molecule has 0 spiro atoms. The van der Waals surface area contributed by atoms with Crippen LogP contribution in [0.1, 0.15) is 31.5 Å². The van der Waals surface area contributed by atoms with Gasteiger partial charge in [-0.1, -0.05) is 36.3 Å². The minimum Gasteiger partial charge on any atom is -0.338 e. The average molecular weight is 349 g/mol. The van der Waals surface area contributed by atoms with Crippen LogP contribution in [0.25, 0.3) is 22.6 Å². The van der Waals surface area contributed by atoms with Crippen LogP contribution in [0.5, 0.6) is 0 Å². The van der Waals surface area contributed by atoms with Crippen LogP contribution in [0, 0.1) is 12.8 Å². The first-order valence-electron chi connectivity index (χ1n) is 9.13. The van der Waals surface area contributed by atoms with E-state index in [4.69, 9.17) is 4.52 Å². The van der Waals surface area contributed by atoms with Gasteiger partial charge >= 0.3 is 0 Å². The summed E-state index contributed by atoms with van der Waals surface area (Å²) in [5.74, 6) is 2.82. The van der Waals surface area contributed by atoms with Gasteiger partial charge in [-0.15, -0.1) is 0 Å². The van der Waals surface area contributed by atoms with Crippen LogP contribution >= 0.6 is 0 Å². The Morgan fingerprint density at radius 3 is 2.69 bits per heavy atom. The van der Waals surface area contributed by atoms with E-state index < -0.39 is 0 Å². The molecule has 3 aromatic rings. The maximum absolute atomic E-state index is 5.46. The molecule has 1 aromatic carbocycles. The molecule has 0 N–H and O–H groups in total. The van der Waals surface area contributed by atoms with Crippen molar-refractivity contribution in [2.45, 2.75) is 33.2 Å². The van der Waals surface area contributed by atoms with E-state index in [0.29, 0.717) is 11.7 Å². The number of nitrogens with zero attached hydrogens (tertiary/aromatic N) is 5. The van der Waals surface area contributed by atoms with Gasteiger partial charge in [-0.3, -0.25) is 4.90 Å². The van der Waals surface area contributed by atoms with Crippen LogP contribution in [0.2, 0.25) is 0 Å². The molecule has 0 amide bonds. The zero-order valence-electron chi connectivity index (χ0n) is 15.2. The fourth-order valence-corrected chi connectivity index (χ4v) is 3.46. The number of aromatic nitrogens is 4. The third-order valence-electron chi connectivity index (χ3n) is 4.78. The summed E-state index contributed by atoms with van der Waals surface area (Å²) in [5.41, 5.74) is 2.91. The normalized spacial score (nSPS) is 18.2. The molecule has 1 saturated heterocycles. The van der Waals surface area contributed by atoms with Crippen molar-refractivity contribution >= 4 is 0 Å². The quantitative estimate of drug-likeness (QED) is 0.715. The minimum absolute atomic E-state index is 0.635. The Hall–Kier alpha value is -2.60. The predicted molar refractivity (Wildman–Crippen MR) is 99.2 cm³/mol. The highest BCUT2D eigenvalue weighted by molar-refractivity contribution is 5.64. The lowest BCUT2D eigenvalue weighted by atomic mass is 10.0. The van der Waals surface area contributed by atoms with Gasteiger partial charge in [0.15, 0.2) is 0 Å². The number of rotatable bonds is 4. The second-order valence-electron chi connectivity index (χ2n) is 7.06. The van der Waals surface area contributed by atoms with Crippen LogP contribution in [0.4, 0.5) is 0 Å². The molecule has 3 heterocycles. The van der Waals surface area contributed by atoms with Gasteiger partial charge in [0.05, 0.1) is 12.2 Å². The van der Waals surface area contributed by atoms with E-state index in [0.717, 1.165) is 48.2 Å². The van der Waals surface area contributed by atoms with Gasteiger partial charge in [0.2, 0.25) is 11.7 Å². The van der Waals surface area contributed by atoms with Gasteiger partial charge in [-0.25, -0.2) is 9.97 Å². The highest BCUT2D eigenvalue weighted by Gasteiger charge is 2.19. The van der Waals surface area contributed by atoms with Crippen LogP contribution in [0.15, 0.2) is 41.1 Å². The van der Waals surface area contributed by atoms with E-state index in [1.165, 1.54) is 12.8 Å². The Bertz CT molecular complexity index is 874. The van der Waals surface area contributed by atoms with Gasteiger partial charge in [0.1, 0.15) is 5.82 Å². The highest BCUT2D eigenvalue weighted by atomic mass is 16.5. The number of hydrogen-bond donors (Lipinski definition) is 0. The van der Waals surface area contributed by atoms with Crippen molar-refractivity contribution in [1.82, 2.24) is 25.0 Å². The van der Waals surface area contributed by atoms with Gasteiger partial charge < -0.3 is 4.52 Å². The van der Waals surface area contributed by atoms with Crippen LogP contribution in [0.3, 0.4) is 0 Å². The van der Waals surface area contributed by atoms with Crippen molar-refractivity contribution in [3.05, 3.63) is 48.2 Å².